The predicted octanol–water partition coefficient (Wildman–Crippen LogP) is -0.0952. The summed E-state index contributed by atoms with van der Waals surface area (Å²) in [7, 11) is 3.12. The molecule has 0 aliphatic carbocycles. The number of hydrogen-bond acceptors (Lipinski definition) is 4. The van der Waals surface area contributed by atoms with E-state index in [0.717, 1.165) is 0 Å². The summed E-state index contributed by atoms with van der Waals surface area (Å²) in [5.74, 6) is -1.03. The zero-order valence-electron chi connectivity index (χ0n) is 10.9. The maximum atomic E-state index is 11.9. The quantitative estimate of drug-likeness (QED) is 0.721. The average Bonchev–Trinajstić information content (AvgIpc) is 2.78. The summed E-state index contributed by atoms with van der Waals surface area (Å²) in [6.45, 7) is 2.51. The largest absolute Gasteiger partial charge is 0.480 e. The Bertz CT molecular complexity index is 298. The third kappa shape index (κ3) is 3.33. The number of nitrogens with one attached hydrogen (secondary N) is 1. The minimum atomic E-state index is -1.03. The van der Waals surface area contributed by atoms with E-state index in [4.69, 9.17) is 14.6 Å². The van der Waals surface area contributed by atoms with Crippen LogP contribution >= 0.6 is 0 Å². The molecule has 0 saturated carbocycles. The van der Waals surface area contributed by atoms with Crippen LogP contribution in [0, 0.1) is 0 Å². The lowest BCUT2D eigenvalue weighted by Crippen LogP contribution is -2.47. The van der Waals surface area contributed by atoms with Crippen molar-refractivity contribution in [3.63, 3.8) is 0 Å². The first kappa shape index (κ1) is 14.7. The second-order valence-electron chi connectivity index (χ2n) is 4.20. The molecule has 1 aliphatic rings. The van der Waals surface area contributed by atoms with E-state index in [1.165, 1.54) is 4.90 Å². The van der Waals surface area contributed by atoms with Crippen molar-refractivity contribution < 1.29 is 24.2 Å². The molecule has 1 aliphatic heterocycles. The number of amides is 2. The van der Waals surface area contributed by atoms with Crippen LogP contribution in [0.25, 0.3) is 0 Å². The second kappa shape index (κ2) is 6.55. The maximum absolute atomic E-state index is 11.9. The summed E-state index contributed by atoms with van der Waals surface area (Å²) < 4.78 is 10.4. The molecule has 7 heteroatoms. The van der Waals surface area contributed by atoms with Crippen LogP contribution in [0.3, 0.4) is 0 Å². The van der Waals surface area contributed by atoms with Crippen molar-refractivity contribution in [1.29, 1.82) is 0 Å². The van der Waals surface area contributed by atoms with E-state index in [1.807, 2.05) is 0 Å². The van der Waals surface area contributed by atoms with Crippen molar-refractivity contribution in [3.05, 3.63) is 0 Å². The van der Waals surface area contributed by atoms with Gasteiger partial charge in [0.1, 0.15) is 18.2 Å². The van der Waals surface area contributed by atoms with Gasteiger partial charge < -0.3 is 24.8 Å². The van der Waals surface area contributed by atoms with Crippen molar-refractivity contribution in [2.75, 3.05) is 27.3 Å². The van der Waals surface area contributed by atoms with Gasteiger partial charge in [-0.15, -0.1) is 0 Å². The van der Waals surface area contributed by atoms with Crippen molar-refractivity contribution in [1.82, 2.24) is 10.2 Å². The predicted molar refractivity (Wildman–Crippen MR) is 63.4 cm³/mol. The smallest absolute Gasteiger partial charge is 0.326 e. The molecule has 0 aromatic carbocycles. The van der Waals surface area contributed by atoms with Crippen LogP contribution in [0.5, 0.6) is 0 Å². The van der Waals surface area contributed by atoms with Crippen molar-refractivity contribution in [2.24, 2.45) is 0 Å². The fourth-order valence-corrected chi connectivity index (χ4v) is 1.94. The molecule has 2 N–H and O–H groups in total. The van der Waals surface area contributed by atoms with Gasteiger partial charge >= 0.3 is 12.0 Å². The van der Waals surface area contributed by atoms with E-state index in [2.05, 4.69) is 5.32 Å². The fraction of sp³-hybridized carbons (Fsp3) is 0.818. The molecule has 2 unspecified atom stereocenters. The molecule has 1 saturated heterocycles. The molecular formula is C11H20N2O5. The van der Waals surface area contributed by atoms with Gasteiger partial charge in [-0.25, -0.2) is 9.59 Å². The minimum absolute atomic E-state index is 0.175. The summed E-state index contributed by atoms with van der Waals surface area (Å²) in [4.78, 5) is 24.2. The Labute approximate surface area is 106 Å². The molecule has 3 atom stereocenters. The summed E-state index contributed by atoms with van der Waals surface area (Å²) in [6, 6.07) is -1.26. The van der Waals surface area contributed by atoms with E-state index in [1.54, 1.807) is 21.1 Å². The van der Waals surface area contributed by atoms with E-state index in [9.17, 15) is 9.59 Å². The monoisotopic (exact) mass is 260 g/mol. The van der Waals surface area contributed by atoms with Crippen LogP contribution in [0.1, 0.15) is 13.3 Å². The summed E-state index contributed by atoms with van der Waals surface area (Å²) in [6.07, 6.45) is -0.00706. The van der Waals surface area contributed by atoms with Crippen molar-refractivity contribution >= 4 is 12.0 Å². The highest BCUT2D eigenvalue weighted by molar-refractivity contribution is 5.82. The number of likely N-dealkylation sites (tertiary alicyclic amines) is 1. The van der Waals surface area contributed by atoms with Crippen LogP contribution in [0.2, 0.25) is 0 Å². The Morgan fingerprint density at radius 2 is 1.83 bits per heavy atom. The first-order chi connectivity index (χ1) is 8.53. The standard InChI is InChI=1S/C11H20N2O5/c1-4-7(10(14)15)12-11(16)13-5-8(17-2)9(6-13)18-3/h7-9H,4-6H2,1-3H3,(H,12,16)(H,14,15)/t7-,8?,9?/m1/s1. The van der Waals surface area contributed by atoms with Gasteiger partial charge in [-0.1, -0.05) is 6.92 Å². The Hall–Kier alpha value is -1.34. The first-order valence-electron chi connectivity index (χ1n) is 5.87. The number of aliphatic carboxylic acids is 1. The topological polar surface area (TPSA) is 88.1 Å². The highest BCUT2D eigenvalue weighted by atomic mass is 16.5. The number of carbonyl (C=O) groups excluding carboxylic acids is 1. The number of carboxylic acid groups (broad SMARTS) is 1. The number of carboxylic acids is 1. The molecule has 18 heavy (non-hydrogen) atoms. The Balaban J connectivity index is 2.55. The molecule has 1 heterocycles. The average molecular weight is 260 g/mol. The normalized spacial score (nSPS) is 24.9. The lowest BCUT2D eigenvalue weighted by atomic mass is 10.2. The molecule has 0 aromatic heterocycles. The number of ether oxygens (including phenoxy) is 2. The lowest BCUT2D eigenvalue weighted by Gasteiger charge is -2.19. The molecular weight excluding hydrogens is 240 g/mol. The molecule has 1 rings (SSSR count). The highest BCUT2D eigenvalue weighted by Crippen LogP contribution is 2.15. The van der Waals surface area contributed by atoms with Crippen molar-refractivity contribution in [3.8, 4) is 0 Å². The minimum Gasteiger partial charge on any atom is -0.480 e. The van der Waals surface area contributed by atoms with Crippen LogP contribution < -0.4 is 5.32 Å². The third-order valence-corrected chi connectivity index (χ3v) is 3.11. The highest BCUT2D eigenvalue weighted by Gasteiger charge is 2.36. The number of nitrogens with zero attached hydrogens (tertiary/aromatic N) is 1. The number of methoxy groups -OCH3 is 2. The van der Waals surface area contributed by atoms with Crippen LogP contribution in [-0.4, -0.2) is 67.6 Å². The third-order valence-electron chi connectivity index (χ3n) is 3.11. The van der Waals surface area contributed by atoms with E-state index >= 15 is 0 Å². The summed E-state index contributed by atoms with van der Waals surface area (Å²) in [5, 5.41) is 11.4. The van der Waals surface area contributed by atoms with Crippen LogP contribution in [-0.2, 0) is 14.3 Å². The number of urea groups is 1. The SMILES string of the molecule is CC[C@@H](NC(=O)N1CC(OC)C(OC)C1)C(=O)O. The van der Waals surface area contributed by atoms with Gasteiger partial charge in [-0.3, -0.25) is 0 Å². The number of rotatable bonds is 5. The second-order valence-corrected chi connectivity index (χ2v) is 4.20. The molecule has 2 amide bonds. The van der Waals surface area contributed by atoms with E-state index in [-0.39, 0.29) is 12.2 Å². The Kier molecular flexibility index (Phi) is 5.36. The number of carbonyl (C=O) groups is 2. The van der Waals surface area contributed by atoms with Gasteiger partial charge in [0.25, 0.3) is 0 Å². The first-order valence-corrected chi connectivity index (χ1v) is 5.87. The molecule has 104 valence electrons. The molecule has 0 aromatic rings. The summed E-state index contributed by atoms with van der Waals surface area (Å²) in [5.41, 5.74) is 0. The van der Waals surface area contributed by atoms with Gasteiger partial charge in [0.15, 0.2) is 0 Å². The van der Waals surface area contributed by atoms with E-state index < -0.39 is 18.0 Å². The zero-order chi connectivity index (χ0) is 13.7. The Morgan fingerprint density at radius 3 is 2.17 bits per heavy atom. The van der Waals surface area contributed by atoms with Gasteiger partial charge in [0.2, 0.25) is 0 Å². The van der Waals surface area contributed by atoms with Gasteiger partial charge in [-0.2, -0.15) is 0 Å². The summed E-state index contributed by atoms with van der Waals surface area (Å²) >= 11 is 0. The van der Waals surface area contributed by atoms with Crippen molar-refractivity contribution in [2.45, 2.75) is 31.6 Å². The molecule has 0 radical (unpaired) electrons. The van der Waals surface area contributed by atoms with Gasteiger partial charge in [-0.05, 0) is 6.42 Å². The van der Waals surface area contributed by atoms with Crippen LogP contribution in [0.15, 0.2) is 0 Å². The van der Waals surface area contributed by atoms with Gasteiger partial charge in [0.05, 0.1) is 13.1 Å². The molecule has 0 bridgehead atoms. The zero-order valence-corrected chi connectivity index (χ0v) is 10.9. The molecule has 0 spiro atoms. The van der Waals surface area contributed by atoms with Gasteiger partial charge in [0, 0.05) is 14.2 Å². The van der Waals surface area contributed by atoms with E-state index in [0.29, 0.717) is 19.5 Å². The number of hydrogen-bond donors (Lipinski definition) is 2. The molecule has 7 nitrogen and oxygen atoms in total. The molecule has 1 fully saturated rings. The lowest BCUT2D eigenvalue weighted by molar-refractivity contribution is -0.139. The Morgan fingerprint density at radius 1 is 1.33 bits per heavy atom. The fourth-order valence-electron chi connectivity index (χ4n) is 1.94. The maximum Gasteiger partial charge on any atom is 0.326 e. The van der Waals surface area contributed by atoms with Crippen LogP contribution in [0.4, 0.5) is 4.79 Å².